The number of benzene rings is 2. The summed E-state index contributed by atoms with van der Waals surface area (Å²) in [6.07, 6.45) is 0.631. The molecule has 0 fully saturated rings. The van der Waals surface area contributed by atoms with Crippen LogP contribution in [0.2, 0.25) is 0 Å². The highest BCUT2D eigenvalue weighted by molar-refractivity contribution is 7.99. The van der Waals surface area contributed by atoms with Gasteiger partial charge in [-0.2, -0.15) is 0 Å². The second kappa shape index (κ2) is 6.68. The molecular weight excluding hydrogens is 264 g/mol. The van der Waals surface area contributed by atoms with Crippen molar-refractivity contribution in [1.29, 1.82) is 0 Å². The maximum atomic E-state index is 13.0. The summed E-state index contributed by atoms with van der Waals surface area (Å²) in [5.74, 6) is 0.228. The van der Waals surface area contributed by atoms with Crippen LogP contribution in [-0.4, -0.2) is 11.8 Å². The fourth-order valence-electron chi connectivity index (χ4n) is 1.76. The van der Waals surface area contributed by atoms with E-state index in [4.69, 9.17) is 5.73 Å². The Balaban J connectivity index is 1.84. The Morgan fingerprint density at radius 1 is 1.00 bits per heavy atom. The summed E-state index contributed by atoms with van der Waals surface area (Å²) in [5.41, 5.74) is 6.91. The van der Waals surface area contributed by atoms with Crippen LogP contribution < -0.4 is 5.73 Å². The first-order valence-corrected chi connectivity index (χ1v) is 7.00. The Kier molecular flexibility index (Phi) is 4.93. The first-order valence-electron chi connectivity index (χ1n) is 6.02. The van der Waals surface area contributed by atoms with Crippen LogP contribution in [0.5, 0.6) is 0 Å². The van der Waals surface area contributed by atoms with Crippen LogP contribution in [0.3, 0.4) is 0 Å². The van der Waals surface area contributed by atoms with E-state index in [0.717, 1.165) is 10.5 Å². The number of thioether (sulfide) groups is 1. The van der Waals surface area contributed by atoms with E-state index >= 15 is 0 Å². The van der Waals surface area contributed by atoms with Gasteiger partial charge in [-0.1, -0.05) is 12.1 Å². The molecule has 0 aromatic heterocycles. The molecule has 19 heavy (non-hydrogen) atoms. The van der Waals surface area contributed by atoms with E-state index < -0.39 is 0 Å². The van der Waals surface area contributed by atoms with Crippen molar-refractivity contribution in [1.82, 2.24) is 0 Å². The van der Waals surface area contributed by atoms with Crippen LogP contribution >= 0.6 is 11.8 Å². The predicted octanol–water partition coefficient (Wildman–Crippen LogP) is 3.63. The number of rotatable bonds is 5. The molecule has 0 aliphatic rings. The molecular formula is C15H15F2NS. The van der Waals surface area contributed by atoms with Gasteiger partial charge in [0, 0.05) is 16.7 Å². The van der Waals surface area contributed by atoms with Crippen LogP contribution in [0.15, 0.2) is 53.4 Å². The summed E-state index contributed by atoms with van der Waals surface area (Å²) in [6, 6.07) is 12.7. The number of hydrogen-bond acceptors (Lipinski definition) is 2. The van der Waals surface area contributed by atoms with Gasteiger partial charge in [-0.05, 0) is 48.4 Å². The van der Waals surface area contributed by atoms with E-state index in [9.17, 15) is 8.78 Å². The lowest BCUT2D eigenvalue weighted by Gasteiger charge is -2.11. The SMILES string of the molecule is NC(CSc1ccc(F)cc1)Cc1cccc(F)c1. The number of hydrogen-bond donors (Lipinski definition) is 1. The van der Waals surface area contributed by atoms with Crippen LogP contribution in [0, 0.1) is 11.6 Å². The summed E-state index contributed by atoms with van der Waals surface area (Å²) in [6.45, 7) is 0. The van der Waals surface area contributed by atoms with Crippen LogP contribution in [-0.2, 0) is 6.42 Å². The Morgan fingerprint density at radius 2 is 1.74 bits per heavy atom. The summed E-state index contributed by atoms with van der Waals surface area (Å²) < 4.78 is 25.8. The maximum Gasteiger partial charge on any atom is 0.123 e. The zero-order valence-electron chi connectivity index (χ0n) is 10.4. The van der Waals surface area contributed by atoms with Gasteiger partial charge in [-0.15, -0.1) is 11.8 Å². The second-order valence-electron chi connectivity index (χ2n) is 4.36. The lowest BCUT2D eigenvalue weighted by atomic mass is 10.1. The third-order valence-corrected chi connectivity index (χ3v) is 3.86. The predicted molar refractivity (Wildman–Crippen MR) is 75.2 cm³/mol. The van der Waals surface area contributed by atoms with Crippen molar-refractivity contribution in [3.63, 3.8) is 0 Å². The van der Waals surface area contributed by atoms with E-state index in [1.54, 1.807) is 30.0 Å². The monoisotopic (exact) mass is 279 g/mol. The van der Waals surface area contributed by atoms with Crippen molar-refractivity contribution >= 4 is 11.8 Å². The third-order valence-electron chi connectivity index (χ3n) is 2.66. The minimum Gasteiger partial charge on any atom is -0.327 e. The molecule has 1 unspecified atom stereocenters. The third kappa shape index (κ3) is 4.65. The lowest BCUT2D eigenvalue weighted by molar-refractivity contribution is 0.623. The van der Waals surface area contributed by atoms with E-state index in [1.807, 2.05) is 6.07 Å². The van der Waals surface area contributed by atoms with Gasteiger partial charge in [-0.3, -0.25) is 0 Å². The van der Waals surface area contributed by atoms with Crippen molar-refractivity contribution in [3.8, 4) is 0 Å². The molecule has 0 saturated carbocycles. The van der Waals surface area contributed by atoms with Gasteiger partial charge in [-0.25, -0.2) is 8.78 Å². The Morgan fingerprint density at radius 3 is 2.42 bits per heavy atom. The van der Waals surface area contributed by atoms with Crippen LogP contribution in [0.4, 0.5) is 8.78 Å². The Bertz CT molecular complexity index is 528. The molecule has 2 N–H and O–H groups in total. The van der Waals surface area contributed by atoms with Gasteiger partial charge in [0.1, 0.15) is 11.6 Å². The molecule has 2 aromatic rings. The molecule has 2 aromatic carbocycles. The molecule has 0 heterocycles. The van der Waals surface area contributed by atoms with Gasteiger partial charge < -0.3 is 5.73 Å². The maximum absolute atomic E-state index is 13.0. The average molecular weight is 279 g/mol. The molecule has 0 saturated heterocycles. The molecule has 0 aliphatic carbocycles. The molecule has 0 radical (unpaired) electrons. The fourth-order valence-corrected chi connectivity index (χ4v) is 2.61. The van der Waals surface area contributed by atoms with Crippen LogP contribution in [0.1, 0.15) is 5.56 Å². The van der Waals surface area contributed by atoms with Crippen molar-refractivity contribution < 1.29 is 8.78 Å². The smallest absolute Gasteiger partial charge is 0.123 e. The van der Waals surface area contributed by atoms with Gasteiger partial charge >= 0.3 is 0 Å². The van der Waals surface area contributed by atoms with E-state index in [-0.39, 0.29) is 17.7 Å². The van der Waals surface area contributed by atoms with Crippen molar-refractivity contribution in [3.05, 3.63) is 65.7 Å². The van der Waals surface area contributed by atoms with Crippen LogP contribution in [0.25, 0.3) is 0 Å². The largest absolute Gasteiger partial charge is 0.327 e. The van der Waals surface area contributed by atoms with E-state index in [2.05, 4.69) is 0 Å². The van der Waals surface area contributed by atoms with Gasteiger partial charge in [0.2, 0.25) is 0 Å². The summed E-state index contributed by atoms with van der Waals surface area (Å²) in [7, 11) is 0. The molecule has 0 amide bonds. The van der Waals surface area contributed by atoms with Gasteiger partial charge in [0.05, 0.1) is 0 Å². The highest BCUT2D eigenvalue weighted by atomic mass is 32.2. The fraction of sp³-hybridized carbons (Fsp3) is 0.200. The average Bonchev–Trinajstić information content (AvgIpc) is 2.38. The first-order chi connectivity index (χ1) is 9.13. The Hall–Kier alpha value is -1.39. The molecule has 0 aliphatic heterocycles. The quantitative estimate of drug-likeness (QED) is 0.846. The summed E-state index contributed by atoms with van der Waals surface area (Å²) in [4.78, 5) is 0.982. The number of halogens is 2. The minimum atomic E-state index is -0.242. The minimum absolute atomic E-state index is 0.0585. The van der Waals surface area contributed by atoms with Crippen molar-refractivity contribution in [2.24, 2.45) is 5.73 Å². The molecule has 2 rings (SSSR count). The second-order valence-corrected chi connectivity index (χ2v) is 5.45. The van der Waals surface area contributed by atoms with Gasteiger partial charge in [0.25, 0.3) is 0 Å². The van der Waals surface area contributed by atoms with E-state index in [0.29, 0.717) is 12.2 Å². The topological polar surface area (TPSA) is 26.0 Å². The summed E-state index contributed by atoms with van der Waals surface area (Å²) >= 11 is 1.58. The lowest BCUT2D eigenvalue weighted by Crippen LogP contribution is -2.25. The molecule has 0 spiro atoms. The number of nitrogens with two attached hydrogens (primary N) is 1. The van der Waals surface area contributed by atoms with Crippen molar-refractivity contribution in [2.75, 3.05) is 5.75 Å². The zero-order valence-corrected chi connectivity index (χ0v) is 11.2. The first kappa shape index (κ1) is 14.0. The molecule has 1 nitrogen and oxygen atoms in total. The normalized spacial score (nSPS) is 12.4. The van der Waals surface area contributed by atoms with Gasteiger partial charge in [0.15, 0.2) is 0 Å². The highest BCUT2D eigenvalue weighted by Crippen LogP contribution is 2.19. The molecule has 100 valence electrons. The summed E-state index contributed by atoms with van der Waals surface area (Å²) in [5, 5.41) is 0. The standard InChI is InChI=1S/C15H15F2NS/c16-12-4-6-15(7-5-12)19-10-14(18)9-11-2-1-3-13(17)8-11/h1-8,14H,9-10,18H2. The molecule has 0 bridgehead atoms. The molecule has 4 heteroatoms. The zero-order chi connectivity index (χ0) is 13.7. The van der Waals surface area contributed by atoms with E-state index in [1.165, 1.54) is 24.3 Å². The molecule has 1 atom stereocenters. The highest BCUT2D eigenvalue weighted by Gasteiger charge is 2.06. The Labute approximate surface area is 115 Å². The van der Waals surface area contributed by atoms with Crippen molar-refractivity contribution in [2.45, 2.75) is 17.4 Å².